The van der Waals surface area contributed by atoms with Crippen molar-refractivity contribution in [3.63, 3.8) is 0 Å². The first-order valence-corrected chi connectivity index (χ1v) is 50.0. The molecule has 144 heavy (non-hydrogen) atoms. The fourth-order valence-electron chi connectivity index (χ4n) is 20.5. The van der Waals surface area contributed by atoms with Gasteiger partial charge in [0.1, 0.15) is 31.4 Å². The summed E-state index contributed by atoms with van der Waals surface area (Å²) >= 11 is 58.2. The summed E-state index contributed by atoms with van der Waals surface area (Å²) in [6.07, 6.45) is 8.84. The number of halogens is 15. The number of fused-ring (bicyclic) bond motifs is 15. The van der Waals surface area contributed by atoms with Gasteiger partial charge in [-0.25, -0.2) is 56.2 Å². The average molecular weight is 2150 g/mol. The van der Waals surface area contributed by atoms with Gasteiger partial charge in [-0.15, -0.1) is 0 Å². The number of piperazine rings is 3. The van der Waals surface area contributed by atoms with Crippen LogP contribution in [0.5, 0.6) is 11.5 Å². The minimum Gasteiger partial charge on any atom is -0.486 e. The average Bonchev–Trinajstić information content (AvgIpc) is 1.49. The van der Waals surface area contributed by atoms with E-state index in [9.17, 15) is 28.8 Å². The molecule has 3 amide bonds. The van der Waals surface area contributed by atoms with E-state index in [0.717, 1.165) is 18.2 Å². The van der Waals surface area contributed by atoms with Gasteiger partial charge in [0.15, 0.2) is 29.1 Å². The maximum Gasteiger partial charge on any atom is 0.300 e. The SMILES string of the molecule is C=CC(=O)N1CC2CCOc3c(c4cc(Cl)c(-c5c(N)c(Cl)cc(Cl)c5F)c(F)c4n(-c4c(C(C)C)ncnc4C(C)C)c3=O)N2CC1C.C=CC(=O)N1CC2COc3c(c4cc(F)c(-c5c(N)c(Cl)cc(Cl)c5F)c(Cl)c4n(-c4c(C(C)C)ncnc4C(C)C)c3=O)N2CC1C.C=CC(=O)N1CC2Cc3c(c4cc(Cl)c(-c5c(N)c(Cl)cc(Cl)c5F)c(F)c4n(-c4c(C(C)C)ncnc4C(C)C)c3=O)N2CC1C. The predicted octanol–water partition coefficient (Wildman–Crippen LogP) is 23.1. The van der Waals surface area contributed by atoms with Gasteiger partial charge in [0, 0.05) is 125 Å². The molecule has 6 unspecified atom stereocenters. The van der Waals surface area contributed by atoms with Crippen LogP contribution in [0.3, 0.4) is 0 Å². The lowest BCUT2D eigenvalue weighted by molar-refractivity contribution is -0.129. The molecule has 6 atom stereocenters. The summed E-state index contributed by atoms with van der Waals surface area (Å²) in [5.74, 6) is -7.87. The van der Waals surface area contributed by atoms with E-state index in [1.54, 1.807) is 14.7 Å². The number of carbonyl (C=O) groups excluding carboxylic acids is 3. The molecule has 6 aromatic heterocycles. The number of aromatic nitrogens is 9. The topological polar surface area (TPSA) is 311 Å². The molecule has 26 nitrogen and oxygen atoms in total. The molecule has 0 bridgehead atoms. The van der Waals surface area contributed by atoms with Gasteiger partial charge in [0.05, 0.1) is 172 Å². The molecular formula is C103H101Cl9F6N18O8. The molecule has 6 aliphatic heterocycles. The molecule has 6 N–H and O–H groups in total. The molecule has 0 aliphatic carbocycles. The van der Waals surface area contributed by atoms with Crippen molar-refractivity contribution in [2.45, 2.75) is 188 Å². The Morgan fingerprint density at radius 3 is 1.06 bits per heavy atom. The number of anilines is 6. The molecule has 6 aliphatic rings. The molecule has 756 valence electrons. The number of nitrogens with two attached hydrogens (primary N) is 3. The lowest BCUT2D eigenvalue weighted by Crippen LogP contribution is -2.62. The van der Waals surface area contributed by atoms with Crippen molar-refractivity contribution in [1.82, 2.24) is 58.3 Å². The van der Waals surface area contributed by atoms with Gasteiger partial charge in [-0.05, 0) is 111 Å². The Labute approximate surface area is 870 Å². The van der Waals surface area contributed by atoms with Crippen LogP contribution in [0.2, 0.25) is 45.2 Å². The van der Waals surface area contributed by atoms with Crippen LogP contribution >= 0.6 is 104 Å². The Balaban J connectivity index is 0.000000155. The lowest BCUT2D eigenvalue weighted by atomic mass is 9.96. The van der Waals surface area contributed by atoms with E-state index >= 15 is 26.3 Å². The maximum atomic E-state index is 17.7. The van der Waals surface area contributed by atoms with E-state index in [0.29, 0.717) is 119 Å². The number of hydrogen-bond donors (Lipinski definition) is 3. The van der Waals surface area contributed by atoms with Gasteiger partial charge in [-0.1, -0.05) is 207 Å². The first-order valence-electron chi connectivity index (χ1n) is 46.6. The number of hydrogen-bond acceptors (Lipinski definition) is 20. The van der Waals surface area contributed by atoms with E-state index in [-0.39, 0.29) is 222 Å². The van der Waals surface area contributed by atoms with E-state index in [2.05, 4.69) is 49.6 Å². The van der Waals surface area contributed by atoms with Gasteiger partial charge >= 0.3 is 0 Å². The van der Waals surface area contributed by atoms with Gasteiger partial charge in [0.25, 0.3) is 16.7 Å². The highest BCUT2D eigenvalue weighted by Crippen LogP contribution is 2.55. The van der Waals surface area contributed by atoms with Gasteiger partial charge in [-0.3, -0.25) is 42.5 Å². The number of benzene rings is 6. The normalized spacial score (nSPS) is 17.6. The molecule has 6 aromatic carbocycles. The minimum atomic E-state index is -1.03. The Hall–Kier alpha value is -11.6. The molecule has 3 fully saturated rings. The summed E-state index contributed by atoms with van der Waals surface area (Å²) in [5, 5.41) is -1.32. The molecule has 12 aromatic rings. The standard InChI is InChI=1S/C35H35Cl3F2N6O3.C34H33Cl3F2N6O3.C34H33Cl3F2N6O2/c1-7-23(47)44-13-18-8-9-49-34-32(45(18)12-17(44)6)19-10-20(36)24(25-26(39)21(37)11-22(38)28(25)41)27(40)31(19)46(35(34)48)33-29(15(2)3)42-14-43-30(33)16(4)5;1-7-22(46)43-11-17-12-48-33-31(44(17)10-16(43)6)18-8-21(38)23(24-26(39)19(35)9-20(36)27(24)40)25(37)30(18)45(34(33)47)32-28(14(2)3)41-13-42-29(32)15(4)5;1-7-23(46)43-12-17-8-19-31(44(17)11-16(43)6)18-9-20(35)24(25-26(38)21(36)10-22(37)28(25)40)27(39)32(18)45(34(19)47)33-29(14(2)3)41-13-42-30(33)15(4)5/h7,10-11,14-18H,1,8-9,12-13,41H2,2-6H3;7-9,13-17H,1,10-12,40H2,2-6H3;7,9-10,13-17H,1,8,11-12,40H2,2-6H3. The molecule has 3 saturated heterocycles. The van der Waals surface area contributed by atoms with Crippen LogP contribution in [0.25, 0.3) is 83.2 Å². The molecule has 41 heteroatoms. The second-order valence-electron chi connectivity index (χ2n) is 38.4. The van der Waals surface area contributed by atoms with Gasteiger partial charge in [-0.2, -0.15) is 0 Å². The van der Waals surface area contributed by atoms with E-state index in [1.807, 2.05) is 119 Å². The van der Waals surface area contributed by atoms with Crippen molar-refractivity contribution in [3.8, 4) is 61.9 Å². The summed E-state index contributed by atoms with van der Waals surface area (Å²) in [6, 6.07) is 5.81. The maximum absolute atomic E-state index is 17.7. The summed E-state index contributed by atoms with van der Waals surface area (Å²) in [5.41, 5.74) is 19.0. The van der Waals surface area contributed by atoms with Gasteiger partial charge < -0.3 is 56.1 Å². The van der Waals surface area contributed by atoms with Crippen LogP contribution in [0.1, 0.15) is 186 Å². The van der Waals surface area contributed by atoms with Crippen molar-refractivity contribution < 1.29 is 50.2 Å². The third-order valence-electron chi connectivity index (χ3n) is 27.3. The summed E-state index contributed by atoms with van der Waals surface area (Å²) in [4.78, 5) is 121. The summed E-state index contributed by atoms with van der Waals surface area (Å²) < 4.78 is 115. The van der Waals surface area contributed by atoms with Crippen LogP contribution < -0.4 is 58.1 Å². The fraction of sp³-hybridized carbons (Fsp3) is 0.359. The lowest BCUT2D eigenvalue weighted by Gasteiger charge is -2.48. The highest BCUT2D eigenvalue weighted by molar-refractivity contribution is 6.42. The monoisotopic (exact) mass is 2150 g/mol. The third kappa shape index (κ3) is 17.7. The zero-order valence-corrected chi connectivity index (χ0v) is 87.7. The van der Waals surface area contributed by atoms with Crippen molar-refractivity contribution in [1.29, 1.82) is 0 Å². The first-order chi connectivity index (χ1) is 68.1. The third-order valence-corrected chi connectivity index (χ3v) is 30.0. The molecule has 0 radical (unpaired) electrons. The van der Waals surface area contributed by atoms with Crippen molar-refractivity contribution >= 4 is 189 Å². The number of carbonyl (C=O) groups is 3. The smallest absolute Gasteiger partial charge is 0.300 e. The molecule has 0 spiro atoms. The summed E-state index contributed by atoms with van der Waals surface area (Å²) in [6.45, 7) is 41.7. The van der Waals surface area contributed by atoms with Crippen molar-refractivity contribution in [3.05, 3.63) is 244 Å². The quantitative estimate of drug-likeness (QED) is 0.0372. The van der Waals surface area contributed by atoms with Crippen LogP contribution in [0, 0.1) is 34.9 Å². The molecule has 18 rings (SSSR count). The molecule has 12 heterocycles. The second-order valence-corrected chi connectivity index (χ2v) is 42.0. The molecular weight excluding hydrogens is 2050 g/mol. The highest BCUT2D eigenvalue weighted by atomic mass is 35.5. The zero-order chi connectivity index (χ0) is 105. The van der Waals surface area contributed by atoms with E-state index in [4.69, 9.17) is 131 Å². The van der Waals surface area contributed by atoms with Crippen molar-refractivity contribution in [2.75, 3.05) is 84.4 Å². The van der Waals surface area contributed by atoms with Crippen molar-refractivity contribution in [2.24, 2.45) is 0 Å². The Morgan fingerprint density at radius 2 is 0.688 bits per heavy atom. The number of amides is 3. The van der Waals surface area contributed by atoms with Crippen LogP contribution in [-0.4, -0.2) is 165 Å². The van der Waals surface area contributed by atoms with E-state index in [1.165, 1.54) is 69.1 Å². The van der Waals surface area contributed by atoms with Crippen LogP contribution in [0.4, 0.5) is 60.5 Å². The number of pyridine rings is 3. The number of nitrogen functional groups attached to an aromatic ring is 3. The van der Waals surface area contributed by atoms with Crippen LogP contribution in [0.15, 0.2) is 108 Å². The largest absolute Gasteiger partial charge is 0.486 e. The number of rotatable bonds is 15. The van der Waals surface area contributed by atoms with Gasteiger partial charge in [0.2, 0.25) is 29.2 Å². The summed E-state index contributed by atoms with van der Waals surface area (Å²) in [7, 11) is 0. The zero-order valence-electron chi connectivity index (χ0n) is 80.9. The Morgan fingerprint density at radius 1 is 0.375 bits per heavy atom. The fourth-order valence-corrected chi connectivity index (χ4v) is 22.9. The predicted molar refractivity (Wildman–Crippen MR) is 561 cm³/mol. The Bertz CT molecular complexity index is 7500. The molecule has 0 saturated carbocycles. The number of ether oxygens (including phenoxy) is 2. The van der Waals surface area contributed by atoms with E-state index < -0.39 is 79.4 Å². The number of nitrogens with zero attached hydrogens (tertiary/aromatic N) is 15. The second kappa shape index (κ2) is 40.7. The minimum absolute atomic E-state index is 0.0151. The highest BCUT2D eigenvalue weighted by Gasteiger charge is 2.48. The van der Waals surface area contributed by atoms with Crippen LogP contribution in [-0.2, 0) is 20.8 Å². The Kier molecular flexibility index (Phi) is 29.7. The first kappa shape index (κ1) is 105.